The maximum atomic E-state index is 4.42. The van der Waals surface area contributed by atoms with E-state index in [4.69, 9.17) is 0 Å². The quantitative estimate of drug-likeness (QED) is 0.394. The van der Waals surface area contributed by atoms with E-state index < -0.39 is 0 Å². The molecule has 0 bridgehead atoms. The van der Waals surface area contributed by atoms with E-state index in [1.54, 1.807) is 0 Å². The largest absolute Gasteiger partial charge is 0.372 e. The first-order chi connectivity index (χ1) is 14.2. The zero-order chi connectivity index (χ0) is 20.5. The molecule has 1 aromatic rings. The van der Waals surface area contributed by atoms with Crippen molar-refractivity contribution in [2.75, 3.05) is 51.2 Å². The highest BCUT2D eigenvalue weighted by Crippen LogP contribution is 2.24. The maximum Gasteiger partial charge on any atom is 0.191 e. The van der Waals surface area contributed by atoms with Crippen LogP contribution >= 0.6 is 0 Å². The van der Waals surface area contributed by atoms with Crippen LogP contribution in [-0.4, -0.2) is 57.2 Å². The Balaban J connectivity index is 1.38. The number of piperidine rings is 1. The van der Waals surface area contributed by atoms with Crippen molar-refractivity contribution in [3.8, 4) is 0 Å². The molecule has 29 heavy (non-hydrogen) atoms. The van der Waals surface area contributed by atoms with Gasteiger partial charge < -0.3 is 20.4 Å². The van der Waals surface area contributed by atoms with Gasteiger partial charge in [-0.3, -0.25) is 4.99 Å². The second kappa shape index (κ2) is 11.4. The van der Waals surface area contributed by atoms with Crippen LogP contribution in [0.2, 0.25) is 0 Å². The molecule has 5 heteroatoms. The maximum absolute atomic E-state index is 4.42. The highest BCUT2D eigenvalue weighted by molar-refractivity contribution is 5.80. The molecule has 0 radical (unpaired) electrons. The molecule has 0 aromatic heterocycles. The zero-order valence-corrected chi connectivity index (χ0v) is 18.8. The van der Waals surface area contributed by atoms with Crippen molar-refractivity contribution >= 4 is 11.6 Å². The van der Waals surface area contributed by atoms with E-state index in [9.17, 15) is 0 Å². The number of guanidine groups is 1. The van der Waals surface area contributed by atoms with E-state index in [0.717, 1.165) is 18.4 Å². The summed E-state index contributed by atoms with van der Waals surface area (Å²) in [6, 6.07) is 9.19. The normalized spacial score (nSPS) is 22.0. The van der Waals surface area contributed by atoms with Crippen LogP contribution in [-0.2, 0) is 0 Å². The Morgan fingerprint density at radius 3 is 2.76 bits per heavy atom. The van der Waals surface area contributed by atoms with Gasteiger partial charge in [-0.25, -0.2) is 0 Å². The van der Waals surface area contributed by atoms with Crippen LogP contribution in [0.15, 0.2) is 29.3 Å². The molecule has 2 saturated heterocycles. The summed E-state index contributed by atoms with van der Waals surface area (Å²) in [6.45, 7) is 11.7. The molecular formula is C24H41N5. The van der Waals surface area contributed by atoms with Crippen LogP contribution in [0.4, 0.5) is 5.69 Å². The molecule has 2 atom stereocenters. The molecule has 0 amide bonds. The second-order valence-corrected chi connectivity index (χ2v) is 8.91. The molecule has 2 aliphatic heterocycles. The molecule has 3 rings (SSSR count). The molecule has 162 valence electrons. The van der Waals surface area contributed by atoms with Crippen LogP contribution in [0, 0.1) is 5.92 Å². The Bertz CT molecular complexity index is 638. The van der Waals surface area contributed by atoms with Gasteiger partial charge in [0.15, 0.2) is 5.96 Å². The van der Waals surface area contributed by atoms with Gasteiger partial charge in [-0.05, 0) is 82.2 Å². The third kappa shape index (κ3) is 6.91. The smallest absolute Gasteiger partial charge is 0.191 e. The number of likely N-dealkylation sites (tertiary alicyclic amines) is 1. The summed E-state index contributed by atoms with van der Waals surface area (Å²) in [4.78, 5) is 9.55. The number of nitrogens with zero attached hydrogens (tertiary/aromatic N) is 3. The van der Waals surface area contributed by atoms with E-state index in [1.807, 2.05) is 7.05 Å². The average Bonchev–Trinajstić information content (AvgIpc) is 3.27. The van der Waals surface area contributed by atoms with E-state index in [2.05, 4.69) is 63.5 Å². The third-order valence-electron chi connectivity index (χ3n) is 6.35. The number of rotatable bonds is 8. The fraction of sp³-hybridized carbons (Fsp3) is 0.708. The topological polar surface area (TPSA) is 42.9 Å². The standard InChI is InChI=1S/C24H41N5/c1-20-10-9-15-28(19-20)14-5-4-13-26-24(25-3)27-21(2)22-11-8-12-23(18-22)29-16-6-7-17-29/h8,11-12,18,20-21H,4-7,9-10,13-17,19H2,1-3H3,(H2,25,26,27). The zero-order valence-electron chi connectivity index (χ0n) is 18.8. The van der Waals surface area contributed by atoms with Crippen molar-refractivity contribution in [3.63, 3.8) is 0 Å². The van der Waals surface area contributed by atoms with Crippen LogP contribution < -0.4 is 15.5 Å². The van der Waals surface area contributed by atoms with Gasteiger partial charge in [0.05, 0.1) is 6.04 Å². The number of nitrogens with one attached hydrogen (secondary N) is 2. The number of hydrogen-bond acceptors (Lipinski definition) is 3. The van der Waals surface area contributed by atoms with Gasteiger partial charge >= 0.3 is 0 Å². The molecule has 2 heterocycles. The Labute approximate surface area is 178 Å². The first kappa shape index (κ1) is 21.9. The summed E-state index contributed by atoms with van der Waals surface area (Å²) in [5.41, 5.74) is 2.67. The monoisotopic (exact) mass is 399 g/mol. The molecular weight excluding hydrogens is 358 g/mol. The van der Waals surface area contributed by atoms with Crippen molar-refractivity contribution in [2.24, 2.45) is 10.9 Å². The molecule has 2 N–H and O–H groups in total. The Morgan fingerprint density at radius 1 is 1.17 bits per heavy atom. The molecule has 0 saturated carbocycles. The molecule has 1 aromatic carbocycles. The molecule has 2 aliphatic rings. The van der Waals surface area contributed by atoms with Gasteiger partial charge in [-0.1, -0.05) is 19.1 Å². The summed E-state index contributed by atoms with van der Waals surface area (Å²) in [7, 11) is 1.86. The second-order valence-electron chi connectivity index (χ2n) is 8.91. The van der Waals surface area contributed by atoms with Crippen LogP contribution in [0.1, 0.15) is 64.0 Å². The van der Waals surface area contributed by atoms with Gasteiger partial charge in [-0.15, -0.1) is 0 Å². The summed E-state index contributed by atoms with van der Waals surface area (Å²) in [6.07, 6.45) is 7.83. The summed E-state index contributed by atoms with van der Waals surface area (Å²) >= 11 is 0. The lowest BCUT2D eigenvalue weighted by Gasteiger charge is -2.30. The van der Waals surface area contributed by atoms with Gasteiger partial charge in [-0.2, -0.15) is 0 Å². The predicted octanol–water partition coefficient (Wildman–Crippen LogP) is 4.02. The number of anilines is 1. The minimum atomic E-state index is 0.235. The Hall–Kier alpha value is -1.75. The van der Waals surface area contributed by atoms with Crippen LogP contribution in [0.3, 0.4) is 0 Å². The minimum absolute atomic E-state index is 0.235. The average molecular weight is 400 g/mol. The number of aliphatic imine (C=N–C) groups is 1. The number of hydrogen-bond donors (Lipinski definition) is 2. The summed E-state index contributed by atoms with van der Waals surface area (Å²) in [5, 5.41) is 7.05. The van der Waals surface area contributed by atoms with Gasteiger partial charge in [0.2, 0.25) is 0 Å². The molecule has 2 fully saturated rings. The highest BCUT2D eigenvalue weighted by atomic mass is 15.2. The SMILES string of the molecule is CN=C(NCCCCN1CCCC(C)C1)NC(C)c1cccc(N2CCCC2)c1. The van der Waals surface area contributed by atoms with Crippen molar-refractivity contribution < 1.29 is 0 Å². The Kier molecular flexibility index (Phi) is 8.66. The lowest BCUT2D eigenvalue weighted by Crippen LogP contribution is -2.39. The fourth-order valence-corrected chi connectivity index (χ4v) is 4.61. The first-order valence-corrected chi connectivity index (χ1v) is 11.7. The molecule has 2 unspecified atom stereocenters. The lowest BCUT2D eigenvalue weighted by molar-refractivity contribution is 0.181. The van der Waals surface area contributed by atoms with E-state index in [0.29, 0.717) is 0 Å². The lowest BCUT2D eigenvalue weighted by atomic mass is 10.0. The first-order valence-electron chi connectivity index (χ1n) is 11.7. The molecule has 0 spiro atoms. The van der Waals surface area contributed by atoms with Gasteiger partial charge in [0, 0.05) is 38.9 Å². The van der Waals surface area contributed by atoms with E-state index in [1.165, 1.54) is 82.5 Å². The summed E-state index contributed by atoms with van der Waals surface area (Å²) < 4.78 is 0. The summed E-state index contributed by atoms with van der Waals surface area (Å²) in [5.74, 6) is 1.77. The third-order valence-corrected chi connectivity index (χ3v) is 6.35. The fourth-order valence-electron chi connectivity index (χ4n) is 4.61. The van der Waals surface area contributed by atoms with Crippen molar-refractivity contribution in [1.82, 2.24) is 15.5 Å². The van der Waals surface area contributed by atoms with Crippen molar-refractivity contribution in [2.45, 2.75) is 58.4 Å². The highest BCUT2D eigenvalue weighted by Gasteiger charge is 2.16. The van der Waals surface area contributed by atoms with Gasteiger partial charge in [0.1, 0.15) is 0 Å². The van der Waals surface area contributed by atoms with Crippen LogP contribution in [0.5, 0.6) is 0 Å². The Morgan fingerprint density at radius 2 is 2.00 bits per heavy atom. The van der Waals surface area contributed by atoms with E-state index >= 15 is 0 Å². The molecule has 0 aliphatic carbocycles. The van der Waals surface area contributed by atoms with E-state index in [-0.39, 0.29) is 6.04 Å². The number of benzene rings is 1. The van der Waals surface area contributed by atoms with Gasteiger partial charge in [0.25, 0.3) is 0 Å². The van der Waals surface area contributed by atoms with Crippen molar-refractivity contribution in [1.29, 1.82) is 0 Å². The molecule has 5 nitrogen and oxygen atoms in total. The van der Waals surface area contributed by atoms with Crippen molar-refractivity contribution in [3.05, 3.63) is 29.8 Å². The van der Waals surface area contributed by atoms with Crippen LogP contribution in [0.25, 0.3) is 0 Å². The minimum Gasteiger partial charge on any atom is -0.372 e. The predicted molar refractivity (Wildman–Crippen MR) is 125 cm³/mol. The number of unbranched alkanes of at least 4 members (excludes halogenated alkanes) is 1.